The summed E-state index contributed by atoms with van der Waals surface area (Å²) < 4.78 is 22.4. The molecule has 0 aliphatic carbocycles. The van der Waals surface area contributed by atoms with Crippen LogP contribution < -0.4 is 14.9 Å². The van der Waals surface area contributed by atoms with E-state index in [4.69, 9.17) is 18.8 Å². The first-order valence-corrected chi connectivity index (χ1v) is 6.50. The Morgan fingerprint density at radius 2 is 1.74 bits per heavy atom. The van der Waals surface area contributed by atoms with Crippen molar-refractivity contribution in [3.05, 3.63) is 18.2 Å². The summed E-state index contributed by atoms with van der Waals surface area (Å²) in [6, 6.07) is 5.67. The molecule has 0 N–H and O–H groups in total. The van der Waals surface area contributed by atoms with Crippen molar-refractivity contribution < 1.29 is 18.8 Å². The quantitative estimate of drug-likeness (QED) is 0.782. The first kappa shape index (κ1) is 14.2. The lowest BCUT2D eigenvalue weighted by molar-refractivity contribution is -0.0230. The molecule has 0 radical (unpaired) electrons. The van der Waals surface area contributed by atoms with Crippen LogP contribution in [-0.2, 0) is 9.31 Å². The summed E-state index contributed by atoms with van der Waals surface area (Å²) in [5, 5.41) is 0. The van der Waals surface area contributed by atoms with Gasteiger partial charge in [0.2, 0.25) is 0 Å². The average molecular weight is 264 g/mol. The Kier molecular flexibility index (Phi) is 4.06. The van der Waals surface area contributed by atoms with Crippen LogP contribution >= 0.6 is 0 Å². The second-order valence-corrected chi connectivity index (χ2v) is 5.51. The van der Waals surface area contributed by atoms with Gasteiger partial charge >= 0.3 is 7.12 Å². The average Bonchev–Trinajstić information content (AvgIpc) is 2.35. The molecular formula is C14H21BO4. The second kappa shape index (κ2) is 5.43. The summed E-state index contributed by atoms with van der Waals surface area (Å²) in [7, 11) is 2.88. The maximum Gasteiger partial charge on any atom is 0.494 e. The van der Waals surface area contributed by atoms with Gasteiger partial charge in [-0.05, 0) is 44.8 Å². The number of methoxy groups -OCH3 is 2. The van der Waals surface area contributed by atoms with Crippen molar-refractivity contribution in [2.75, 3.05) is 14.2 Å². The summed E-state index contributed by atoms with van der Waals surface area (Å²) in [5.74, 6) is 1.47. The Labute approximate surface area is 115 Å². The van der Waals surface area contributed by atoms with Crippen LogP contribution in [0.2, 0.25) is 0 Å². The van der Waals surface area contributed by atoms with E-state index in [0.29, 0.717) is 0 Å². The molecule has 1 aliphatic heterocycles. The Hall–Kier alpha value is -1.20. The summed E-state index contributed by atoms with van der Waals surface area (Å²) in [4.78, 5) is 0. The number of ether oxygens (including phenoxy) is 2. The van der Waals surface area contributed by atoms with Gasteiger partial charge in [0.25, 0.3) is 0 Å². The molecule has 19 heavy (non-hydrogen) atoms. The van der Waals surface area contributed by atoms with E-state index in [9.17, 15) is 0 Å². The molecule has 0 spiro atoms. The van der Waals surface area contributed by atoms with E-state index in [1.165, 1.54) is 0 Å². The third kappa shape index (κ3) is 3.42. The van der Waals surface area contributed by atoms with Crippen molar-refractivity contribution in [3.8, 4) is 11.5 Å². The van der Waals surface area contributed by atoms with E-state index >= 15 is 0 Å². The van der Waals surface area contributed by atoms with Crippen LogP contribution in [0.15, 0.2) is 18.2 Å². The first-order chi connectivity index (χ1) is 8.93. The molecule has 1 aromatic rings. The number of rotatable bonds is 3. The van der Waals surface area contributed by atoms with E-state index in [1.807, 2.05) is 18.2 Å². The zero-order valence-corrected chi connectivity index (χ0v) is 12.2. The molecule has 1 aliphatic rings. The molecule has 0 bridgehead atoms. The third-order valence-corrected chi connectivity index (χ3v) is 3.21. The van der Waals surface area contributed by atoms with Crippen LogP contribution in [0, 0.1) is 0 Å². The normalized spacial score (nSPS) is 22.2. The standard InChI is InChI=1S/C14H21BO4/c1-10-9-14(2,3)19-15(18-10)11-6-12(16-4)8-13(7-11)17-5/h6-8,10H,9H2,1-5H3. The van der Waals surface area contributed by atoms with Crippen LogP contribution in [0.3, 0.4) is 0 Å². The lowest BCUT2D eigenvalue weighted by atomic mass is 9.75. The fraction of sp³-hybridized carbons (Fsp3) is 0.571. The molecule has 4 nitrogen and oxygen atoms in total. The molecule has 104 valence electrons. The maximum absolute atomic E-state index is 6.00. The molecule has 0 aromatic heterocycles. The van der Waals surface area contributed by atoms with E-state index in [2.05, 4.69) is 20.8 Å². The molecular weight excluding hydrogens is 243 g/mol. The van der Waals surface area contributed by atoms with Gasteiger partial charge in [-0.2, -0.15) is 0 Å². The van der Waals surface area contributed by atoms with Crippen molar-refractivity contribution in [2.45, 2.75) is 38.9 Å². The Balaban J connectivity index is 2.29. The van der Waals surface area contributed by atoms with Crippen LogP contribution in [0.1, 0.15) is 27.2 Å². The molecule has 5 heteroatoms. The monoisotopic (exact) mass is 264 g/mol. The predicted octanol–water partition coefficient (Wildman–Crippen LogP) is 2.00. The number of benzene rings is 1. The first-order valence-electron chi connectivity index (χ1n) is 6.50. The Morgan fingerprint density at radius 1 is 1.16 bits per heavy atom. The molecule has 1 unspecified atom stereocenters. The zero-order chi connectivity index (χ0) is 14.0. The topological polar surface area (TPSA) is 36.9 Å². The van der Waals surface area contributed by atoms with Crippen molar-refractivity contribution in [1.29, 1.82) is 0 Å². The van der Waals surface area contributed by atoms with Crippen molar-refractivity contribution in [2.24, 2.45) is 0 Å². The fourth-order valence-corrected chi connectivity index (χ4v) is 2.43. The van der Waals surface area contributed by atoms with E-state index < -0.39 is 0 Å². The highest BCUT2D eigenvalue weighted by molar-refractivity contribution is 6.61. The van der Waals surface area contributed by atoms with Crippen molar-refractivity contribution in [3.63, 3.8) is 0 Å². The third-order valence-electron chi connectivity index (χ3n) is 3.21. The number of hydrogen-bond acceptors (Lipinski definition) is 4. The summed E-state index contributed by atoms with van der Waals surface area (Å²) in [6.07, 6.45) is 1.04. The van der Waals surface area contributed by atoms with E-state index in [0.717, 1.165) is 23.4 Å². The highest BCUT2D eigenvalue weighted by atomic mass is 16.6. The maximum atomic E-state index is 6.00. The van der Waals surface area contributed by atoms with Gasteiger partial charge < -0.3 is 18.8 Å². The van der Waals surface area contributed by atoms with Gasteiger partial charge in [-0.25, -0.2) is 0 Å². The minimum Gasteiger partial charge on any atom is -0.497 e. The van der Waals surface area contributed by atoms with Crippen LogP contribution in [0.25, 0.3) is 0 Å². The SMILES string of the molecule is COc1cc(OC)cc(B2OC(C)CC(C)(C)O2)c1. The lowest BCUT2D eigenvalue weighted by Gasteiger charge is -2.38. The van der Waals surface area contributed by atoms with Gasteiger partial charge in [0.15, 0.2) is 0 Å². The van der Waals surface area contributed by atoms with Crippen LogP contribution in [0.4, 0.5) is 0 Å². The molecule has 2 rings (SSSR count). The highest BCUT2D eigenvalue weighted by Crippen LogP contribution is 2.27. The molecule has 0 saturated carbocycles. The highest BCUT2D eigenvalue weighted by Gasteiger charge is 2.38. The zero-order valence-electron chi connectivity index (χ0n) is 12.2. The predicted molar refractivity (Wildman–Crippen MR) is 75.3 cm³/mol. The number of hydrogen-bond donors (Lipinski definition) is 0. The molecule has 0 amide bonds. The Bertz CT molecular complexity index is 425. The van der Waals surface area contributed by atoms with E-state index in [-0.39, 0.29) is 18.8 Å². The van der Waals surface area contributed by atoms with Gasteiger partial charge in [-0.1, -0.05) is 0 Å². The van der Waals surface area contributed by atoms with Gasteiger partial charge in [-0.15, -0.1) is 0 Å². The minimum absolute atomic E-state index is 0.158. The molecule has 1 heterocycles. The molecule has 1 fully saturated rings. The van der Waals surface area contributed by atoms with Crippen LogP contribution in [-0.4, -0.2) is 33.0 Å². The smallest absolute Gasteiger partial charge is 0.494 e. The molecule has 1 atom stereocenters. The van der Waals surface area contributed by atoms with Gasteiger partial charge in [0, 0.05) is 12.2 Å². The van der Waals surface area contributed by atoms with Gasteiger partial charge in [0.1, 0.15) is 11.5 Å². The Morgan fingerprint density at radius 3 is 2.21 bits per heavy atom. The van der Waals surface area contributed by atoms with Crippen LogP contribution in [0.5, 0.6) is 11.5 Å². The summed E-state index contributed by atoms with van der Waals surface area (Å²) in [5.41, 5.74) is 0.717. The van der Waals surface area contributed by atoms with Gasteiger partial charge in [0.05, 0.1) is 19.8 Å². The van der Waals surface area contributed by atoms with Crippen molar-refractivity contribution >= 4 is 12.6 Å². The van der Waals surface area contributed by atoms with Gasteiger partial charge in [-0.3, -0.25) is 0 Å². The van der Waals surface area contributed by atoms with Crippen molar-refractivity contribution in [1.82, 2.24) is 0 Å². The summed E-state index contributed by atoms with van der Waals surface area (Å²) in [6.45, 7) is 6.22. The molecule has 1 aromatic carbocycles. The largest absolute Gasteiger partial charge is 0.497 e. The summed E-state index contributed by atoms with van der Waals surface area (Å²) >= 11 is 0. The fourth-order valence-electron chi connectivity index (χ4n) is 2.43. The minimum atomic E-state index is -0.386. The van der Waals surface area contributed by atoms with E-state index in [1.54, 1.807) is 14.2 Å². The lowest BCUT2D eigenvalue weighted by Crippen LogP contribution is -2.51. The second-order valence-electron chi connectivity index (χ2n) is 5.51. The molecule has 1 saturated heterocycles.